The predicted octanol–water partition coefficient (Wildman–Crippen LogP) is 1.44. The minimum atomic E-state index is -0.540. The van der Waals surface area contributed by atoms with Gasteiger partial charge in [-0.1, -0.05) is 13.8 Å². The summed E-state index contributed by atoms with van der Waals surface area (Å²) in [6.07, 6.45) is 3.40. The lowest BCUT2D eigenvalue weighted by Gasteiger charge is -2.08. The van der Waals surface area contributed by atoms with Crippen molar-refractivity contribution >= 4 is 11.0 Å². The highest BCUT2D eigenvalue weighted by Crippen LogP contribution is 2.22. The van der Waals surface area contributed by atoms with E-state index in [1.165, 1.54) is 6.20 Å². The van der Waals surface area contributed by atoms with Crippen LogP contribution in [0.2, 0.25) is 0 Å². The van der Waals surface area contributed by atoms with E-state index in [4.69, 9.17) is 0 Å². The van der Waals surface area contributed by atoms with Gasteiger partial charge in [0.05, 0.1) is 11.1 Å². The molecule has 3 heterocycles. The fourth-order valence-corrected chi connectivity index (χ4v) is 2.52. The van der Waals surface area contributed by atoms with Crippen LogP contribution in [-0.4, -0.2) is 24.7 Å². The third-order valence-corrected chi connectivity index (χ3v) is 3.46. The van der Waals surface area contributed by atoms with Gasteiger partial charge in [0.2, 0.25) is 0 Å². The third-order valence-electron chi connectivity index (χ3n) is 3.46. The molecule has 3 aromatic rings. The second-order valence-electron chi connectivity index (χ2n) is 5.81. The van der Waals surface area contributed by atoms with Crippen LogP contribution in [-0.2, 0) is 6.54 Å². The van der Waals surface area contributed by atoms with Gasteiger partial charge in [-0.2, -0.15) is 0 Å². The predicted molar refractivity (Wildman–Crippen MR) is 83.8 cm³/mol. The first-order chi connectivity index (χ1) is 10.5. The molecule has 7 heteroatoms. The van der Waals surface area contributed by atoms with E-state index < -0.39 is 11.2 Å². The van der Waals surface area contributed by atoms with Gasteiger partial charge in [0, 0.05) is 18.9 Å². The van der Waals surface area contributed by atoms with Crippen molar-refractivity contribution in [1.82, 2.24) is 24.7 Å². The molecule has 0 spiro atoms. The molecule has 0 unspecified atom stereocenters. The molecule has 3 aromatic heterocycles. The summed E-state index contributed by atoms with van der Waals surface area (Å²) in [7, 11) is 0. The Morgan fingerprint density at radius 2 is 2.05 bits per heavy atom. The summed E-state index contributed by atoms with van der Waals surface area (Å²) in [6, 6.07) is 1.83. The van der Waals surface area contributed by atoms with Crippen LogP contribution in [0.5, 0.6) is 0 Å². The number of H-pyrrole nitrogens is 2. The normalized spacial score (nSPS) is 11.5. The summed E-state index contributed by atoms with van der Waals surface area (Å²) >= 11 is 0. The van der Waals surface area contributed by atoms with Gasteiger partial charge in [-0.05, 0) is 24.5 Å². The SMILES string of the molecule is Cc1cn(CC(C)C)c2cc(-c3c[nH]c(=O)[nH]c3=O)nnc12. The second-order valence-corrected chi connectivity index (χ2v) is 5.81. The van der Waals surface area contributed by atoms with Crippen molar-refractivity contribution in [2.45, 2.75) is 27.3 Å². The van der Waals surface area contributed by atoms with Crippen LogP contribution < -0.4 is 11.2 Å². The van der Waals surface area contributed by atoms with Crippen molar-refractivity contribution in [3.63, 3.8) is 0 Å². The van der Waals surface area contributed by atoms with Crippen LogP contribution in [0.4, 0.5) is 0 Å². The van der Waals surface area contributed by atoms with Gasteiger partial charge >= 0.3 is 5.69 Å². The number of nitrogens with one attached hydrogen (secondary N) is 2. The molecule has 22 heavy (non-hydrogen) atoms. The van der Waals surface area contributed by atoms with Crippen molar-refractivity contribution in [2.24, 2.45) is 5.92 Å². The van der Waals surface area contributed by atoms with E-state index in [0.717, 1.165) is 23.1 Å². The summed E-state index contributed by atoms with van der Waals surface area (Å²) in [5.74, 6) is 0.489. The Kier molecular flexibility index (Phi) is 3.40. The number of hydrogen-bond donors (Lipinski definition) is 2. The van der Waals surface area contributed by atoms with E-state index in [-0.39, 0.29) is 0 Å². The minimum Gasteiger partial charge on any atom is -0.346 e. The average Bonchev–Trinajstić information content (AvgIpc) is 2.74. The quantitative estimate of drug-likeness (QED) is 0.764. The maximum absolute atomic E-state index is 11.9. The number of aryl methyl sites for hydroxylation is 1. The molecule has 0 fully saturated rings. The van der Waals surface area contributed by atoms with E-state index in [1.807, 2.05) is 19.2 Å². The monoisotopic (exact) mass is 299 g/mol. The molecule has 0 aliphatic carbocycles. The number of rotatable bonds is 3. The van der Waals surface area contributed by atoms with Gasteiger partial charge in [0.15, 0.2) is 0 Å². The number of aromatic nitrogens is 5. The lowest BCUT2D eigenvalue weighted by Crippen LogP contribution is -2.22. The molecule has 2 N–H and O–H groups in total. The molecule has 0 aliphatic rings. The molecule has 0 amide bonds. The maximum Gasteiger partial charge on any atom is 0.325 e. The largest absolute Gasteiger partial charge is 0.346 e. The third kappa shape index (κ3) is 2.45. The summed E-state index contributed by atoms with van der Waals surface area (Å²) < 4.78 is 2.12. The first-order valence-corrected chi connectivity index (χ1v) is 7.11. The zero-order valence-electron chi connectivity index (χ0n) is 12.7. The second kappa shape index (κ2) is 5.25. The molecular weight excluding hydrogens is 282 g/mol. The van der Waals surface area contributed by atoms with Crippen LogP contribution >= 0.6 is 0 Å². The van der Waals surface area contributed by atoms with E-state index in [1.54, 1.807) is 0 Å². The Morgan fingerprint density at radius 3 is 2.73 bits per heavy atom. The van der Waals surface area contributed by atoms with E-state index in [9.17, 15) is 9.59 Å². The molecule has 0 bridgehead atoms. The zero-order valence-corrected chi connectivity index (χ0v) is 12.7. The topological polar surface area (TPSA) is 96.4 Å². The van der Waals surface area contributed by atoms with Gasteiger partial charge in [0.25, 0.3) is 5.56 Å². The lowest BCUT2D eigenvalue weighted by atomic mass is 10.2. The Labute approximate surface area is 126 Å². The number of hydrogen-bond acceptors (Lipinski definition) is 4. The Bertz CT molecular complexity index is 948. The van der Waals surface area contributed by atoms with Crippen molar-refractivity contribution in [3.05, 3.63) is 44.9 Å². The maximum atomic E-state index is 11.9. The first-order valence-electron chi connectivity index (χ1n) is 7.11. The molecule has 0 aliphatic heterocycles. The van der Waals surface area contributed by atoms with Crippen LogP contribution in [0.3, 0.4) is 0 Å². The van der Waals surface area contributed by atoms with Crippen LogP contribution in [0, 0.1) is 12.8 Å². The van der Waals surface area contributed by atoms with E-state index >= 15 is 0 Å². The molecule has 114 valence electrons. The summed E-state index contributed by atoms with van der Waals surface area (Å²) in [6.45, 7) is 7.13. The minimum absolute atomic E-state index is 0.295. The fourth-order valence-electron chi connectivity index (χ4n) is 2.52. The highest BCUT2D eigenvalue weighted by atomic mass is 16.2. The smallest absolute Gasteiger partial charge is 0.325 e. The standard InChI is InChI=1S/C15H17N5O2/c1-8(2)6-20-7-9(3)13-12(20)4-11(18-19-13)10-5-16-15(22)17-14(10)21/h4-5,7-8H,6H2,1-3H3,(H2,16,17,21,22). The lowest BCUT2D eigenvalue weighted by molar-refractivity contribution is 0.535. The van der Waals surface area contributed by atoms with Gasteiger partial charge < -0.3 is 9.55 Å². The van der Waals surface area contributed by atoms with E-state index in [2.05, 4.69) is 38.6 Å². The van der Waals surface area contributed by atoms with E-state index in [0.29, 0.717) is 17.2 Å². The molecule has 3 rings (SSSR count). The van der Waals surface area contributed by atoms with Crippen LogP contribution in [0.15, 0.2) is 28.0 Å². The average molecular weight is 299 g/mol. The highest BCUT2D eigenvalue weighted by molar-refractivity contribution is 5.82. The van der Waals surface area contributed by atoms with Crippen molar-refractivity contribution in [3.8, 4) is 11.3 Å². The summed E-state index contributed by atoms with van der Waals surface area (Å²) in [4.78, 5) is 27.7. The van der Waals surface area contributed by atoms with Crippen LogP contribution in [0.1, 0.15) is 19.4 Å². The van der Waals surface area contributed by atoms with Gasteiger partial charge in [0.1, 0.15) is 11.2 Å². The van der Waals surface area contributed by atoms with Crippen molar-refractivity contribution < 1.29 is 0 Å². The Hall–Kier alpha value is -2.70. The first kappa shape index (κ1) is 14.2. The fraction of sp³-hybridized carbons (Fsp3) is 0.333. The molecule has 0 radical (unpaired) electrons. The highest BCUT2D eigenvalue weighted by Gasteiger charge is 2.13. The number of aromatic amines is 2. The van der Waals surface area contributed by atoms with Crippen molar-refractivity contribution in [2.75, 3.05) is 0 Å². The number of fused-ring (bicyclic) bond motifs is 1. The Balaban J connectivity index is 2.20. The van der Waals surface area contributed by atoms with Crippen molar-refractivity contribution in [1.29, 1.82) is 0 Å². The van der Waals surface area contributed by atoms with Gasteiger partial charge in [-0.25, -0.2) is 4.79 Å². The molecule has 0 saturated carbocycles. The molecule has 0 saturated heterocycles. The summed E-state index contributed by atoms with van der Waals surface area (Å²) in [5, 5.41) is 8.35. The molecule has 0 atom stereocenters. The Morgan fingerprint density at radius 1 is 1.27 bits per heavy atom. The summed E-state index contributed by atoms with van der Waals surface area (Å²) in [5.41, 5.74) is 2.52. The molecule has 7 nitrogen and oxygen atoms in total. The number of nitrogens with zero attached hydrogens (tertiary/aromatic N) is 3. The zero-order chi connectivity index (χ0) is 15.9. The van der Waals surface area contributed by atoms with Gasteiger partial charge in [-0.15, -0.1) is 10.2 Å². The van der Waals surface area contributed by atoms with Crippen LogP contribution in [0.25, 0.3) is 22.3 Å². The van der Waals surface area contributed by atoms with Gasteiger partial charge in [-0.3, -0.25) is 9.78 Å². The molecular formula is C15H17N5O2. The molecule has 0 aromatic carbocycles.